The van der Waals surface area contributed by atoms with E-state index in [9.17, 15) is 22.8 Å². The number of fused-ring (bicyclic) bond motifs is 1. The summed E-state index contributed by atoms with van der Waals surface area (Å²) in [5.74, 6) is -2.83. The molecule has 1 heterocycles. The van der Waals surface area contributed by atoms with Crippen LogP contribution < -0.4 is 0 Å². The van der Waals surface area contributed by atoms with Gasteiger partial charge in [-0.2, -0.15) is 13.2 Å². The average Bonchev–Trinajstić information content (AvgIpc) is 2.44. The maximum Gasteiger partial charge on any atom is 0.471 e. The topological polar surface area (TPSA) is 46.6 Å². The van der Waals surface area contributed by atoms with Gasteiger partial charge < -0.3 is 9.64 Å². The van der Waals surface area contributed by atoms with Crippen molar-refractivity contribution in [3.05, 3.63) is 35.4 Å². The second-order valence-electron chi connectivity index (χ2n) is 4.67. The maximum atomic E-state index is 12.7. The van der Waals surface area contributed by atoms with E-state index in [-0.39, 0.29) is 19.6 Å². The Labute approximate surface area is 119 Å². The van der Waals surface area contributed by atoms with Crippen LogP contribution in [-0.4, -0.2) is 35.6 Å². The van der Waals surface area contributed by atoms with E-state index in [0.717, 1.165) is 5.56 Å². The van der Waals surface area contributed by atoms with Gasteiger partial charge in [0, 0.05) is 13.0 Å². The van der Waals surface area contributed by atoms with Crippen LogP contribution in [0.5, 0.6) is 0 Å². The number of benzene rings is 1. The van der Waals surface area contributed by atoms with Crippen LogP contribution in [0.4, 0.5) is 13.2 Å². The molecule has 0 bridgehead atoms. The molecule has 1 aliphatic heterocycles. The first-order valence-electron chi connectivity index (χ1n) is 6.45. The number of nitrogens with zero attached hydrogens (tertiary/aromatic N) is 1. The number of ether oxygens (including phenoxy) is 1. The van der Waals surface area contributed by atoms with E-state index < -0.39 is 24.1 Å². The summed E-state index contributed by atoms with van der Waals surface area (Å²) in [7, 11) is 0. The van der Waals surface area contributed by atoms with Crippen molar-refractivity contribution in [2.24, 2.45) is 0 Å². The van der Waals surface area contributed by atoms with Crippen LogP contribution in [0.15, 0.2) is 24.3 Å². The molecule has 1 aromatic carbocycles. The molecule has 1 atom stereocenters. The third-order valence-electron chi connectivity index (χ3n) is 3.31. The Hall–Kier alpha value is -2.05. The van der Waals surface area contributed by atoms with Gasteiger partial charge in [0.05, 0.1) is 6.61 Å². The van der Waals surface area contributed by atoms with Gasteiger partial charge in [-0.25, -0.2) is 4.79 Å². The second kappa shape index (κ2) is 5.75. The van der Waals surface area contributed by atoms with Gasteiger partial charge in [0.1, 0.15) is 6.04 Å². The third kappa shape index (κ3) is 3.17. The number of hydrogen-bond acceptors (Lipinski definition) is 3. The highest BCUT2D eigenvalue weighted by molar-refractivity contribution is 5.88. The lowest BCUT2D eigenvalue weighted by molar-refractivity contribution is -0.191. The van der Waals surface area contributed by atoms with Crippen molar-refractivity contribution >= 4 is 11.9 Å². The van der Waals surface area contributed by atoms with Gasteiger partial charge in [0.15, 0.2) is 0 Å². The first-order chi connectivity index (χ1) is 9.84. The van der Waals surface area contributed by atoms with Crippen LogP contribution in [0.25, 0.3) is 0 Å². The van der Waals surface area contributed by atoms with Crippen LogP contribution >= 0.6 is 0 Å². The SMILES string of the molecule is CCOC(=O)[C@@H]1Cc2ccccc2CN1C(=O)C(F)(F)F. The zero-order valence-corrected chi connectivity index (χ0v) is 11.3. The van der Waals surface area contributed by atoms with Crippen molar-refractivity contribution < 1.29 is 27.5 Å². The van der Waals surface area contributed by atoms with E-state index in [0.29, 0.717) is 10.5 Å². The zero-order chi connectivity index (χ0) is 15.6. The Bertz CT molecular complexity index is 557. The molecule has 21 heavy (non-hydrogen) atoms. The number of hydrogen-bond donors (Lipinski definition) is 0. The molecule has 0 aliphatic carbocycles. The molecule has 0 N–H and O–H groups in total. The summed E-state index contributed by atoms with van der Waals surface area (Å²) in [6.07, 6.45) is -4.99. The van der Waals surface area contributed by atoms with Gasteiger partial charge in [-0.1, -0.05) is 24.3 Å². The van der Waals surface area contributed by atoms with Crippen LogP contribution in [-0.2, 0) is 27.3 Å². The molecular formula is C14H14F3NO3. The molecule has 114 valence electrons. The van der Waals surface area contributed by atoms with E-state index >= 15 is 0 Å². The summed E-state index contributed by atoms with van der Waals surface area (Å²) in [5.41, 5.74) is 1.36. The predicted molar refractivity (Wildman–Crippen MR) is 67.2 cm³/mol. The number of amides is 1. The van der Waals surface area contributed by atoms with Crippen molar-refractivity contribution in [1.82, 2.24) is 4.90 Å². The fourth-order valence-corrected chi connectivity index (χ4v) is 2.35. The van der Waals surface area contributed by atoms with Crippen LogP contribution in [0.1, 0.15) is 18.1 Å². The normalized spacial score (nSPS) is 18.1. The van der Waals surface area contributed by atoms with Crippen molar-refractivity contribution in [2.45, 2.75) is 32.1 Å². The average molecular weight is 301 g/mol. The van der Waals surface area contributed by atoms with Crippen molar-refractivity contribution in [3.8, 4) is 0 Å². The number of carbonyl (C=O) groups is 2. The van der Waals surface area contributed by atoms with E-state index in [4.69, 9.17) is 4.74 Å². The summed E-state index contributed by atoms with van der Waals surface area (Å²) in [6.45, 7) is 1.35. The molecule has 7 heteroatoms. The molecule has 0 saturated heterocycles. The maximum absolute atomic E-state index is 12.7. The first-order valence-corrected chi connectivity index (χ1v) is 6.45. The van der Waals surface area contributed by atoms with Gasteiger partial charge in [-0.15, -0.1) is 0 Å². The highest BCUT2D eigenvalue weighted by Crippen LogP contribution is 2.28. The third-order valence-corrected chi connectivity index (χ3v) is 3.31. The first kappa shape index (κ1) is 15.3. The van der Waals surface area contributed by atoms with Crippen LogP contribution in [0, 0.1) is 0 Å². The van der Waals surface area contributed by atoms with E-state index in [2.05, 4.69) is 0 Å². The number of carbonyl (C=O) groups excluding carboxylic acids is 2. The molecule has 1 aliphatic rings. The van der Waals surface area contributed by atoms with Gasteiger partial charge in [-0.05, 0) is 18.1 Å². The van der Waals surface area contributed by atoms with Gasteiger partial charge in [0.2, 0.25) is 0 Å². The summed E-state index contributed by atoms with van der Waals surface area (Å²) in [5, 5.41) is 0. The molecule has 0 spiro atoms. The van der Waals surface area contributed by atoms with Crippen LogP contribution in [0.2, 0.25) is 0 Å². The fourth-order valence-electron chi connectivity index (χ4n) is 2.35. The zero-order valence-electron chi connectivity index (χ0n) is 11.3. The lowest BCUT2D eigenvalue weighted by atomic mass is 9.94. The number of halogens is 3. The van der Waals surface area contributed by atoms with Gasteiger partial charge in [0.25, 0.3) is 0 Å². The van der Waals surface area contributed by atoms with E-state index in [1.807, 2.05) is 0 Å². The molecule has 2 rings (SSSR count). The quantitative estimate of drug-likeness (QED) is 0.786. The van der Waals surface area contributed by atoms with Crippen molar-refractivity contribution in [1.29, 1.82) is 0 Å². The fraction of sp³-hybridized carbons (Fsp3) is 0.429. The number of esters is 1. The lowest BCUT2D eigenvalue weighted by Crippen LogP contribution is -2.53. The number of rotatable bonds is 2. The molecule has 0 unspecified atom stereocenters. The van der Waals surface area contributed by atoms with E-state index in [1.54, 1.807) is 31.2 Å². The highest BCUT2D eigenvalue weighted by atomic mass is 19.4. The Morgan fingerprint density at radius 1 is 1.29 bits per heavy atom. The largest absolute Gasteiger partial charge is 0.471 e. The molecule has 0 saturated carbocycles. The Kier molecular flexibility index (Phi) is 4.20. The molecule has 4 nitrogen and oxygen atoms in total. The smallest absolute Gasteiger partial charge is 0.464 e. The minimum Gasteiger partial charge on any atom is -0.464 e. The minimum absolute atomic E-state index is 0.0246. The van der Waals surface area contributed by atoms with Gasteiger partial charge in [-0.3, -0.25) is 4.79 Å². The van der Waals surface area contributed by atoms with Crippen LogP contribution in [0.3, 0.4) is 0 Å². The Morgan fingerprint density at radius 3 is 2.48 bits per heavy atom. The molecular weight excluding hydrogens is 287 g/mol. The Morgan fingerprint density at radius 2 is 1.90 bits per heavy atom. The monoisotopic (exact) mass is 301 g/mol. The molecule has 1 aromatic rings. The standard InChI is InChI=1S/C14H14F3NO3/c1-2-21-12(19)11-7-9-5-3-4-6-10(9)8-18(11)13(20)14(15,16)17/h3-6,11H,2,7-8H2,1H3/t11-/m0/s1. The summed E-state index contributed by atoms with van der Waals surface area (Å²) in [4.78, 5) is 23.9. The van der Waals surface area contributed by atoms with Crippen molar-refractivity contribution in [3.63, 3.8) is 0 Å². The molecule has 0 fully saturated rings. The number of alkyl halides is 3. The highest BCUT2D eigenvalue weighted by Gasteiger charge is 2.47. The molecule has 0 aromatic heterocycles. The minimum atomic E-state index is -5.02. The second-order valence-corrected chi connectivity index (χ2v) is 4.67. The Balaban J connectivity index is 2.35. The molecule has 1 amide bonds. The predicted octanol–water partition coefficient (Wildman–Crippen LogP) is 2.07. The summed E-state index contributed by atoms with van der Waals surface area (Å²) < 4.78 is 42.9. The summed E-state index contributed by atoms with van der Waals surface area (Å²) in [6, 6.07) is 5.56. The van der Waals surface area contributed by atoms with E-state index in [1.165, 1.54) is 0 Å². The lowest BCUT2D eigenvalue weighted by Gasteiger charge is -2.35. The molecule has 0 radical (unpaired) electrons. The van der Waals surface area contributed by atoms with Crippen molar-refractivity contribution in [2.75, 3.05) is 6.61 Å². The summed E-state index contributed by atoms with van der Waals surface area (Å²) >= 11 is 0. The van der Waals surface area contributed by atoms with Gasteiger partial charge >= 0.3 is 18.1 Å².